The Labute approximate surface area is 152 Å². The van der Waals surface area contributed by atoms with Gasteiger partial charge in [0.15, 0.2) is 16.4 Å². The summed E-state index contributed by atoms with van der Waals surface area (Å²) in [5.74, 6) is -0.301. The first-order valence-corrected chi connectivity index (χ1v) is 10.0. The molecule has 144 valence electrons. The highest BCUT2D eigenvalue weighted by Gasteiger charge is 2.34. The van der Waals surface area contributed by atoms with Crippen molar-refractivity contribution in [3.63, 3.8) is 0 Å². The lowest BCUT2D eigenvalue weighted by molar-refractivity contribution is -0.136. The van der Waals surface area contributed by atoms with Crippen molar-refractivity contribution in [1.82, 2.24) is 4.90 Å². The normalized spacial score (nSPS) is 18.2. The fourth-order valence-electron chi connectivity index (χ4n) is 2.91. The van der Waals surface area contributed by atoms with Gasteiger partial charge in [-0.15, -0.1) is 0 Å². The molecule has 0 aliphatic carbocycles. The van der Waals surface area contributed by atoms with Crippen LogP contribution in [0.4, 0.5) is 0 Å². The Bertz CT molecular complexity index is 775. The monoisotopic (exact) mass is 385 g/mol. The van der Waals surface area contributed by atoms with Crippen molar-refractivity contribution in [2.45, 2.75) is 19.4 Å². The number of likely N-dealkylation sites (N-methyl/N-ethyl adjacent to an activating group) is 1. The molecule has 0 bridgehead atoms. The van der Waals surface area contributed by atoms with E-state index in [1.54, 1.807) is 19.1 Å². The number of hydrogen-bond donors (Lipinski definition) is 0. The van der Waals surface area contributed by atoms with Crippen LogP contribution in [0.3, 0.4) is 0 Å². The van der Waals surface area contributed by atoms with Crippen molar-refractivity contribution in [3.8, 4) is 11.5 Å². The fourth-order valence-corrected chi connectivity index (χ4v) is 4.65. The van der Waals surface area contributed by atoms with E-state index < -0.39 is 28.3 Å². The summed E-state index contributed by atoms with van der Waals surface area (Å²) in [5.41, 5.74) is 0.174. The van der Waals surface area contributed by atoms with Crippen molar-refractivity contribution in [2.24, 2.45) is 0 Å². The van der Waals surface area contributed by atoms with Crippen LogP contribution in [0.15, 0.2) is 18.2 Å². The molecule has 2 rings (SSSR count). The number of hydrogen-bond acceptors (Lipinski definition) is 7. The van der Waals surface area contributed by atoms with E-state index in [1.165, 1.54) is 25.2 Å². The predicted molar refractivity (Wildman–Crippen MR) is 94.3 cm³/mol. The number of benzene rings is 1. The SMILES string of the molecule is CCN(C(=O)COC(=O)c1ccc(OC)cc1OC)C1CCS(=O)(=O)C1. The second-order valence-corrected chi connectivity index (χ2v) is 8.11. The number of carbonyl (C=O) groups is 2. The summed E-state index contributed by atoms with van der Waals surface area (Å²) in [6.07, 6.45) is 0.405. The third kappa shape index (κ3) is 4.66. The van der Waals surface area contributed by atoms with E-state index in [0.717, 1.165) is 0 Å². The predicted octanol–water partition coefficient (Wildman–Crippen LogP) is 0.896. The Kier molecular flexibility index (Phi) is 6.47. The molecule has 1 heterocycles. The van der Waals surface area contributed by atoms with E-state index in [9.17, 15) is 18.0 Å². The average Bonchev–Trinajstić information content (AvgIpc) is 2.99. The quantitative estimate of drug-likeness (QED) is 0.643. The molecule has 0 spiro atoms. The minimum absolute atomic E-state index is 0.0488. The molecule has 26 heavy (non-hydrogen) atoms. The van der Waals surface area contributed by atoms with E-state index in [2.05, 4.69) is 0 Å². The van der Waals surface area contributed by atoms with Crippen molar-refractivity contribution in [2.75, 3.05) is 38.9 Å². The Hall–Kier alpha value is -2.29. The number of rotatable bonds is 7. The summed E-state index contributed by atoms with van der Waals surface area (Å²) in [6.45, 7) is 1.65. The maximum Gasteiger partial charge on any atom is 0.342 e. The minimum atomic E-state index is -3.10. The van der Waals surface area contributed by atoms with Crippen LogP contribution < -0.4 is 9.47 Å². The van der Waals surface area contributed by atoms with E-state index in [4.69, 9.17) is 14.2 Å². The van der Waals surface area contributed by atoms with Crippen LogP contribution in [0.25, 0.3) is 0 Å². The van der Waals surface area contributed by atoms with E-state index >= 15 is 0 Å². The van der Waals surface area contributed by atoms with Crippen LogP contribution in [0.1, 0.15) is 23.7 Å². The Morgan fingerprint density at radius 1 is 1.23 bits per heavy atom. The van der Waals surface area contributed by atoms with Crippen LogP contribution in [0.2, 0.25) is 0 Å². The molecule has 1 aromatic rings. The van der Waals surface area contributed by atoms with Gasteiger partial charge in [-0.2, -0.15) is 0 Å². The van der Waals surface area contributed by atoms with Crippen molar-refractivity contribution in [1.29, 1.82) is 0 Å². The van der Waals surface area contributed by atoms with E-state index in [0.29, 0.717) is 18.7 Å². The smallest absolute Gasteiger partial charge is 0.342 e. The van der Waals surface area contributed by atoms with Gasteiger partial charge in [0, 0.05) is 18.7 Å². The molecule has 1 aliphatic rings. The number of carbonyl (C=O) groups excluding carboxylic acids is 2. The Balaban J connectivity index is 2.01. The summed E-state index contributed by atoms with van der Waals surface area (Å²) in [6, 6.07) is 4.25. The second kappa shape index (κ2) is 8.39. The average molecular weight is 385 g/mol. The van der Waals surface area contributed by atoms with Gasteiger partial charge in [-0.05, 0) is 25.5 Å². The molecular weight excluding hydrogens is 362 g/mol. The van der Waals surface area contributed by atoms with Crippen molar-refractivity contribution in [3.05, 3.63) is 23.8 Å². The largest absolute Gasteiger partial charge is 0.497 e. The maximum absolute atomic E-state index is 12.4. The number of sulfone groups is 1. The van der Waals surface area contributed by atoms with Crippen LogP contribution in [-0.2, 0) is 19.4 Å². The number of esters is 1. The summed E-state index contributed by atoms with van der Waals surface area (Å²) in [5, 5.41) is 0. The Morgan fingerprint density at radius 3 is 2.50 bits per heavy atom. The van der Waals surface area contributed by atoms with E-state index in [1.807, 2.05) is 0 Å². The molecule has 1 fully saturated rings. The number of nitrogens with zero attached hydrogens (tertiary/aromatic N) is 1. The van der Waals surface area contributed by atoms with E-state index in [-0.39, 0.29) is 28.9 Å². The highest BCUT2D eigenvalue weighted by Crippen LogP contribution is 2.25. The standard InChI is InChI=1S/C17H23NO7S/c1-4-18(12-7-8-26(21,22)11-12)16(19)10-25-17(20)14-6-5-13(23-2)9-15(14)24-3/h5-6,9,12H,4,7-8,10-11H2,1-3H3. The van der Waals surface area contributed by atoms with Gasteiger partial charge in [0.05, 0.1) is 25.7 Å². The van der Waals surface area contributed by atoms with Gasteiger partial charge >= 0.3 is 5.97 Å². The first kappa shape index (κ1) is 20.0. The highest BCUT2D eigenvalue weighted by atomic mass is 32.2. The third-order valence-electron chi connectivity index (χ3n) is 4.27. The lowest BCUT2D eigenvalue weighted by atomic mass is 10.2. The lowest BCUT2D eigenvalue weighted by Crippen LogP contribution is -2.43. The summed E-state index contributed by atoms with van der Waals surface area (Å²) in [7, 11) is -0.197. The van der Waals surface area contributed by atoms with Gasteiger partial charge in [-0.25, -0.2) is 13.2 Å². The molecule has 0 saturated carbocycles. The van der Waals surface area contributed by atoms with Crippen LogP contribution in [0.5, 0.6) is 11.5 Å². The molecule has 1 amide bonds. The molecule has 0 aromatic heterocycles. The van der Waals surface area contributed by atoms with Crippen LogP contribution in [-0.4, -0.2) is 70.1 Å². The van der Waals surface area contributed by atoms with Gasteiger partial charge in [-0.3, -0.25) is 4.79 Å². The molecule has 9 heteroatoms. The number of methoxy groups -OCH3 is 2. The molecule has 1 unspecified atom stereocenters. The van der Waals surface area contributed by atoms with Crippen LogP contribution >= 0.6 is 0 Å². The highest BCUT2D eigenvalue weighted by molar-refractivity contribution is 7.91. The van der Waals surface area contributed by atoms with Crippen LogP contribution in [0, 0.1) is 0 Å². The fraction of sp³-hybridized carbons (Fsp3) is 0.529. The van der Waals surface area contributed by atoms with Gasteiger partial charge in [0.1, 0.15) is 17.1 Å². The lowest BCUT2D eigenvalue weighted by Gasteiger charge is -2.26. The molecule has 1 aromatic carbocycles. The minimum Gasteiger partial charge on any atom is -0.497 e. The topological polar surface area (TPSA) is 99.2 Å². The molecule has 1 saturated heterocycles. The van der Waals surface area contributed by atoms with Crippen molar-refractivity contribution < 1.29 is 32.2 Å². The van der Waals surface area contributed by atoms with Crippen molar-refractivity contribution >= 4 is 21.7 Å². The summed E-state index contributed by atoms with van der Waals surface area (Å²) >= 11 is 0. The molecule has 8 nitrogen and oxygen atoms in total. The second-order valence-electron chi connectivity index (χ2n) is 5.88. The number of ether oxygens (including phenoxy) is 3. The first-order valence-electron chi connectivity index (χ1n) is 8.20. The third-order valence-corrected chi connectivity index (χ3v) is 6.02. The zero-order valence-corrected chi connectivity index (χ0v) is 15.9. The molecule has 1 atom stereocenters. The maximum atomic E-state index is 12.4. The van der Waals surface area contributed by atoms with Gasteiger partial charge < -0.3 is 19.1 Å². The van der Waals surface area contributed by atoms with Gasteiger partial charge in [-0.1, -0.05) is 0 Å². The summed E-state index contributed by atoms with van der Waals surface area (Å²) in [4.78, 5) is 26.1. The zero-order valence-electron chi connectivity index (χ0n) is 15.1. The molecular formula is C17H23NO7S. The first-order chi connectivity index (χ1) is 12.3. The van der Waals surface area contributed by atoms with Gasteiger partial charge in [0.25, 0.3) is 5.91 Å². The molecule has 0 radical (unpaired) electrons. The molecule has 0 N–H and O–H groups in total. The zero-order chi connectivity index (χ0) is 19.3. The van der Waals surface area contributed by atoms with Gasteiger partial charge in [0.2, 0.25) is 0 Å². The molecule has 1 aliphatic heterocycles. The summed E-state index contributed by atoms with van der Waals surface area (Å²) < 4.78 is 38.5. The number of amides is 1. The Morgan fingerprint density at radius 2 is 1.96 bits per heavy atom.